The number of carbonyl (C=O) groups excluding carboxylic acids is 1. The zero-order chi connectivity index (χ0) is 12.3. The molecule has 0 amide bonds. The fraction of sp³-hybridized carbons (Fsp3) is 0.462. The molecule has 2 atom stereocenters. The predicted octanol–water partition coefficient (Wildman–Crippen LogP) is 1.28. The summed E-state index contributed by atoms with van der Waals surface area (Å²) in [4.78, 5) is 15.9. The summed E-state index contributed by atoms with van der Waals surface area (Å²) in [6.45, 7) is 2.75. The van der Waals surface area contributed by atoms with Crippen LogP contribution in [0.4, 0.5) is 0 Å². The number of carbonyl (C=O) groups is 1. The molecule has 17 heavy (non-hydrogen) atoms. The van der Waals surface area contributed by atoms with Crippen molar-refractivity contribution in [1.82, 2.24) is 5.06 Å². The van der Waals surface area contributed by atoms with Crippen LogP contribution in [0.3, 0.4) is 0 Å². The molecule has 2 unspecified atom stereocenters. The van der Waals surface area contributed by atoms with Crippen molar-refractivity contribution in [3.05, 3.63) is 35.9 Å². The first kappa shape index (κ1) is 12.1. The Morgan fingerprint density at radius 1 is 1.41 bits per heavy atom. The lowest BCUT2D eigenvalue weighted by molar-refractivity contribution is -0.193. The van der Waals surface area contributed by atoms with Gasteiger partial charge in [-0.3, -0.25) is 4.79 Å². The maximum Gasteiger partial charge on any atom is 0.322 e. The molecule has 0 radical (unpaired) electrons. The highest BCUT2D eigenvalue weighted by atomic mass is 16.7. The van der Waals surface area contributed by atoms with E-state index in [1.807, 2.05) is 18.2 Å². The SMILES string of the molecule is CC(=O)ON1CCC(c2ccccc2)C(N)C1. The molecule has 4 heteroatoms. The lowest BCUT2D eigenvalue weighted by atomic mass is 9.86. The Kier molecular flexibility index (Phi) is 3.76. The highest BCUT2D eigenvalue weighted by Crippen LogP contribution is 2.27. The van der Waals surface area contributed by atoms with Gasteiger partial charge < -0.3 is 10.6 Å². The van der Waals surface area contributed by atoms with E-state index < -0.39 is 0 Å². The minimum Gasteiger partial charge on any atom is -0.368 e. The standard InChI is InChI=1S/C13H18N2O2/c1-10(16)17-15-8-7-12(13(14)9-15)11-5-3-2-4-6-11/h2-6,12-13H,7-9,14H2,1H3. The first-order chi connectivity index (χ1) is 8.16. The molecule has 1 aromatic rings. The van der Waals surface area contributed by atoms with E-state index in [2.05, 4.69) is 12.1 Å². The molecule has 4 nitrogen and oxygen atoms in total. The molecule has 1 aliphatic rings. The van der Waals surface area contributed by atoms with Crippen LogP contribution >= 0.6 is 0 Å². The summed E-state index contributed by atoms with van der Waals surface area (Å²) >= 11 is 0. The molecule has 0 saturated carbocycles. The molecule has 92 valence electrons. The Bertz CT molecular complexity index is 380. The largest absolute Gasteiger partial charge is 0.368 e. The number of rotatable bonds is 2. The molecular weight excluding hydrogens is 216 g/mol. The maximum absolute atomic E-state index is 10.9. The molecule has 1 heterocycles. The molecule has 0 aliphatic carbocycles. The second kappa shape index (κ2) is 5.29. The Labute approximate surface area is 101 Å². The average Bonchev–Trinajstić information content (AvgIpc) is 2.29. The van der Waals surface area contributed by atoms with Crippen LogP contribution in [0.2, 0.25) is 0 Å². The lowest BCUT2D eigenvalue weighted by Gasteiger charge is -2.35. The fourth-order valence-electron chi connectivity index (χ4n) is 2.33. The third-order valence-corrected chi connectivity index (χ3v) is 3.11. The van der Waals surface area contributed by atoms with Gasteiger partial charge >= 0.3 is 5.97 Å². The van der Waals surface area contributed by atoms with Crippen molar-refractivity contribution in [2.45, 2.75) is 25.3 Å². The van der Waals surface area contributed by atoms with Crippen LogP contribution in [0.25, 0.3) is 0 Å². The number of nitrogens with zero attached hydrogens (tertiary/aromatic N) is 1. The van der Waals surface area contributed by atoms with Crippen LogP contribution in [-0.2, 0) is 9.63 Å². The van der Waals surface area contributed by atoms with E-state index in [9.17, 15) is 4.79 Å². The van der Waals surface area contributed by atoms with Gasteiger partial charge in [0.1, 0.15) is 0 Å². The Morgan fingerprint density at radius 2 is 2.12 bits per heavy atom. The van der Waals surface area contributed by atoms with Crippen LogP contribution < -0.4 is 5.73 Å². The molecule has 1 saturated heterocycles. The normalized spacial score (nSPS) is 25.5. The van der Waals surface area contributed by atoms with Crippen LogP contribution in [0.15, 0.2) is 30.3 Å². The molecular formula is C13H18N2O2. The summed E-state index contributed by atoms with van der Waals surface area (Å²) in [5.41, 5.74) is 7.41. The van der Waals surface area contributed by atoms with Crippen LogP contribution in [0.1, 0.15) is 24.8 Å². The number of hydroxylamine groups is 2. The Morgan fingerprint density at radius 3 is 2.71 bits per heavy atom. The predicted molar refractivity (Wildman–Crippen MR) is 65.1 cm³/mol. The van der Waals surface area contributed by atoms with Gasteiger partial charge in [0.2, 0.25) is 0 Å². The van der Waals surface area contributed by atoms with Gasteiger partial charge in [-0.2, -0.15) is 0 Å². The number of piperidine rings is 1. The zero-order valence-corrected chi connectivity index (χ0v) is 10.0. The summed E-state index contributed by atoms with van der Waals surface area (Å²) in [6, 6.07) is 10.3. The summed E-state index contributed by atoms with van der Waals surface area (Å²) < 4.78 is 0. The Hall–Kier alpha value is -1.39. The quantitative estimate of drug-likeness (QED) is 0.837. The van der Waals surface area contributed by atoms with Crippen molar-refractivity contribution < 1.29 is 9.63 Å². The Balaban J connectivity index is 1.99. The third kappa shape index (κ3) is 3.05. The zero-order valence-electron chi connectivity index (χ0n) is 10.0. The van der Waals surface area contributed by atoms with Crippen LogP contribution in [0, 0.1) is 0 Å². The monoisotopic (exact) mass is 234 g/mol. The second-order valence-electron chi connectivity index (χ2n) is 4.44. The van der Waals surface area contributed by atoms with Gasteiger partial charge in [0.25, 0.3) is 0 Å². The first-order valence-corrected chi connectivity index (χ1v) is 5.91. The summed E-state index contributed by atoms with van der Waals surface area (Å²) in [7, 11) is 0. The van der Waals surface area contributed by atoms with Crippen LogP contribution in [0.5, 0.6) is 0 Å². The van der Waals surface area contributed by atoms with Gasteiger partial charge in [-0.25, -0.2) is 0 Å². The van der Waals surface area contributed by atoms with Gasteiger partial charge in [-0.15, -0.1) is 5.06 Å². The topological polar surface area (TPSA) is 55.6 Å². The van der Waals surface area contributed by atoms with Crippen molar-refractivity contribution in [2.24, 2.45) is 5.73 Å². The van der Waals surface area contributed by atoms with Crippen molar-refractivity contribution in [2.75, 3.05) is 13.1 Å². The van der Waals surface area contributed by atoms with Crippen molar-refractivity contribution in [3.8, 4) is 0 Å². The molecule has 0 spiro atoms. The van der Waals surface area contributed by atoms with Crippen molar-refractivity contribution >= 4 is 5.97 Å². The van der Waals surface area contributed by atoms with Crippen LogP contribution in [-0.4, -0.2) is 30.2 Å². The number of benzene rings is 1. The molecule has 0 aromatic heterocycles. The molecule has 1 aromatic carbocycles. The maximum atomic E-state index is 10.9. The van der Waals surface area contributed by atoms with Gasteiger partial charge in [0.15, 0.2) is 0 Å². The highest BCUT2D eigenvalue weighted by Gasteiger charge is 2.28. The van der Waals surface area contributed by atoms with Gasteiger partial charge in [-0.1, -0.05) is 30.3 Å². The fourth-order valence-corrected chi connectivity index (χ4v) is 2.33. The van der Waals surface area contributed by atoms with Gasteiger partial charge in [-0.05, 0) is 12.0 Å². The first-order valence-electron chi connectivity index (χ1n) is 5.91. The van der Waals surface area contributed by atoms with E-state index in [0.29, 0.717) is 12.5 Å². The average molecular weight is 234 g/mol. The summed E-state index contributed by atoms with van der Waals surface area (Å²) in [5, 5.41) is 1.66. The molecule has 0 bridgehead atoms. The van der Waals surface area contributed by atoms with Gasteiger partial charge in [0, 0.05) is 25.4 Å². The summed E-state index contributed by atoms with van der Waals surface area (Å²) in [6.07, 6.45) is 0.915. The van der Waals surface area contributed by atoms with Crippen molar-refractivity contribution in [3.63, 3.8) is 0 Å². The second-order valence-corrected chi connectivity index (χ2v) is 4.44. The lowest BCUT2D eigenvalue weighted by Crippen LogP contribution is -2.47. The number of nitrogens with two attached hydrogens (primary N) is 1. The third-order valence-electron chi connectivity index (χ3n) is 3.11. The van der Waals surface area contributed by atoms with Crippen molar-refractivity contribution in [1.29, 1.82) is 0 Å². The van der Waals surface area contributed by atoms with E-state index >= 15 is 0 Å². The minimum atomic E-state index is -0.282. The molecule has 2 rings (SSSR count). The number of hydrogen-bond donors (Lipinski definition) is 1. The highest BCUT2D eigenvalue weighted by molar-refractivity contribution is 5.65. The summed E-state index contributed by atoms with van der Waals surface area (Å²) in [5.74, 6) is 0.0679. The molecule has 1 aliphatic heterocycles. The van der Waals surface area contributed by atoms with Gasteiger partial charge in [0.05, 0.1) is 6.54 Å². The van der Waals surface area contributed by atoms with E-state index in [0.717, 1.165) is 13.0 Å². The number of hydrogen-bond acceptors (Lipinski definition) is 4. The smallest absolute Gasteiger partial charge is 0.322 e. The molecule has 2 N–H and O–H groups in total. The van der Waals surface area contributed by atoms with E-state index in [1.54, 1.807) is 5.06 Å². The minimum absolute atomic E-state index is 0.00509. The van der Waals surface area contributed by atoms with E-state index in [-0.39, 0.29) is 12.0 Å². The van der Waals surface area contributed by atoms with E-state index in [1.165, 1.54) is 12.5 Å². The van der Waals surface area contributed by atoms with E-state index in [4.69, 9.17) is 10.6 Å². The molecule has 1 fully saturated rings.